The number of fused-ring (bicyclic) bond motifs is 1. The van der Waals surface area contributed by atoms with Gasteiger partial charge in [-0.15, -0.1) is 0 Å². The van der Waals surface area contributed by atoms with Crippen LogP contribution in [0.2, 0.25) is 0 Å². The molecule has 0 unspecified atom stereocenters. The minimum Gasteiger partial charge on any atom is -0.493 e. The summed E-state index contributed by atoms with van der Waals surface area (Å²) in [6, 6.07) is 15.7. The average molecular weight is 347 g/mol. The first-order valence-corrected chi connectivity index (χ1v) is 8.41. The molecule has 0 aliphatic rings. The molecule has 0 saturated heterocycles. The van der Waals surface area contributed by atoms with Crippen LogP contribution >= 0.6 is 0 Å². The maximum absolute atomic E-state index is 9.66. The molecule has 0 aliphatic heterocycles. The first-order valence-electron chi connectivity index (χ1n) is 8.41. The lowest BCUT2D eigenvalue weighted by molar-refractivity contribution is 0.230. The molecule has 0 fully saturated rings. The van der Waals surface area contributed by atoms with Gasteiger partial charge in [-0.05, 0) is 49.8 Å². The molecule has 26 heavy (non-hydrogen) atoms. The Balaban J connectivity index is 2.03. The smallest absolute Gasteiger partial charge is 0.161 e. The number of allylic oxidation sites excluding steroid dienone is 1. The van der Waals surface area contributed by atoms with Gasteiger partial charge in [-0.3, -0.25) is 0 Å². The molecule has 0 spiro atoms. The Labute approximate surface area is 153 Å². The minimum absolute atomic E-state index is 0.0555. The fourth-order valence-electron chi connectivity index (χ4n) is 2.83. The maximum atomic E-state index is 9.66. The third-order valence-electron chi connectivity index (χ3n) is 4.01. The molecule has 2 aromatic carbocycles. The van der Waals surface area contributed by atoms with Crippen molar-refractivity contribution in [3.8, 4) is 17.6 Å². The lowest BCUT2D eigenvalue weighted by atomic mass is 10.1. The van der Waals surface area contributed by atoms with Gasteiger partial charge in [0.15, 0.2) is 17.3 Å². The molecular formula is C21H21N3O2. The third-order valence-corrected chi connectivity index (χ3v) is 4.01. The number of aromatic nitrogens is 2. The fraction of sp³-hybridized carbons (Fsp3) is 0.238. The molecule has 0 bridgehead atoms. The fourth-order valence-corrected chi connectivity index (χ4v) is 2.83. The third kappa shape index (κ3) is 3.40. The molecule has 0 amide bonds. The maximum Gasteiger partial charge on any atom is 0.161 e. The van der Waals surface area contributed by atoms with Gasteiger partial charge in [-0.25, -0.2) is 4.98 Å². The Hall–Kier alpha value is -3.26. The Bertz CT molecular complexity index is 1010. The summed E-state index contributed by atoms with van der Waals surface area (Å²) in [5.41, 5.74) is 3.19. The summed E-state index contributed by atoms with van der Waals surface area (Å²) >= 11 is 0. The number of methoxy groups -OCH3 is 1. The van der Waals surface area contributed by atoms with Crippen LogP contribution in [-0.4, -0.2) is 22.8 Å². The van der Waals surface area contributed by atoms with E-state index in [-0.39, 0.29) is 6.10 Å². The summed E-state index contributed by atoms with van der Waals surface area (Å²) in [6.07, 6.45) is 1.86. The second-order valence-corrected chi connectivity index (χ2v) is 6.23. The number of ether oxygens (including phenoxy) is 2. The lowest BCUT2D eigenvalue weighted by Gasteiger charge is -2.13. The average Bonchev–Trinajstić information content (AvgIpc) is 2.97. The number of imidazole rings is 1. The van der Waals surface area contributed by atoms with Gasteiger partial charge >= 0.3 is 0 Å². The van der Waals surface area contributed by atoms with Crippen molar-refractivity contribution in [2.75, 3.05) is 7.11 Å². The molecule has 132 valence electrons. The minimum atomic E-state index is 0.0555. The standard InChI is InChI=1S/C21H21N3O2/c1-14(2)26-19-10-9-15(12-20(19)25-4)11-16(13-22)21-23-17-7-5-6-8-18(17)24(21)3/h5-12,14H,1-4H3/b16-11+. The van der Waals surface area contributed by atoms with Crippen molar-refractivity contribution in [1.82, 2.24) is 9.55 Å². The molecule has 0 aliphatic carbocycles. The second-order valence-electron chi connectivity index (χ2n) is 6.23. The summed E-state index contributed by atoms with van der Waals surface area (Å²) in [5.74, 6) is 1.95. The SMILES string of the molecule is COc1cc(/C=C(\C#N)c2nc3ccccc3n2C)ccc1OC(C)C. The van der Waals surface area contributed by atoms with Crippen LogP contribution in [0.25, 0.3) is 22.7 Å². The van der Waals surface area contributed by atoms with Crippen LogP contribution in [0.5, 0.6) is 11.5 Å². The van der Waals surface area contributed by atoms with Crippen molar-refractivity contribution in [3.63, 3.8) is 0 Å². The van der Waals surface area contributed by atoms with Gasteiger partial charge in [0.25, 0.3) is 0 Å². The number of hydrogen-bond acceptors (Lipinski definition) is 4. The number of rotatable bonds is 5. The lowest BCUT2D eigenvalue weighted by Crippen LogP contribution is -2.06. The van der Waals surface area contributed by atoms with Crippen LogP contribution < -0.4 is 9.47 Å². The molecule has 5 nitrogen and oxygen atoms in total. The van der Waals surface area contributed by atoms with Gasteiger partial charge in [-0.2, -0.15) is 5.26 Å². The first kappa shape index (κ1) is 17.6. The van der Waals surface area contributed by atoms with Gasteiger partial charge in [-0.1, -0.05) is 18.2 Å². The molecule has 0 atom stereocenters. The van der Waals surface area contributed by atoms with E-state index in [9.17, 15) is 5.26 Å². The second kappa shape index (κ2) is 7.32. The zero-order chi connectivity index (χ0) is 18.7. The summed E-state index contributed by atoms with van der Waals surface area (Å²) in [4.78, 5) is 4.60. The number of hydrogen-bond donors (Lipinski definition) is 0. The molecule has 3 aromatic rings. The van der Waals surface area contributed by atoms with Crippen molar-refractivity contribution in [3.05, 3.63) is 53.9 Å². The van der Waals surface area contributed by atoms with E-state index in [1.165, 1.54) is 0 Å². The number of benzene rings is 2. The molecular weight excluding hydrogens is 326 g/mol. The van der Waals surface area contributed by atoms with Gasteiger partial charge < -0.3 is 14.0 Å². The summed E-state index contributed by atoms with van der Waals surface area (Å²) in [5, 5.41) is 9.66. The number of nitriles is 1. The first-order chi connectivity index (χ1) is 12.5. The van der Waals surface area contributed by atoms with Crippen LogP contribution in [-0.2, 0) is 7.05 Å². The monoisotopic (exact) mass is 347 g/mol. The van der Waals surface area contributed by atoms with E-state index in [0.29, 0.717) is 22.9 Å². The van der Waals surface area contributed by atoms with Crippen LogP contribution in [0.15, 0.2) is 42.5 Å². The Morgan fingerprint density at radius 1 is 1.19 bits per heavy atom. The molecule has 3 rings (SSSR count). The predicted molar refractivity (Wildman–Crippen MR) is 103 cm³/mol. The van der Waals surface area contributed by atoms with Crippen LogP contribution in [0.3, 0.4) is 0 Å². The highest BCUT2D eigenvalue weighted by molar-refractivity contribution is 5.91. The van der Waals surface area contributed by atoms with Crippen molar-refractivity contribution < 1.29 is 9.47 Å². The molecule has 0 saturated carbocycles. The molecule has 5 heteroatoms. The Kier molecular flexibility index (Phi) is 4.94. The normalized spacial score (nSPS) is 11.6. The van der Waals surface area contributed by atoms with E-state index >= 15 is 0 Å². The number of para-hydroxylation sites is 2. The van der Waals surface area contributed by atoms with Crippen LogP contribution in [0.1, 0.15) is 25.2 Å². The summed E-state index contributed by atoms with van der Waals surface area (Å²) in [7, 11) is 3.52. The largest absolute Gasteiger partial charge is 0.493 e. The van der Waals surface area contributed by atoms with Crippen LogP contribution in [0.4, 0.5) is 0 Å². The van der Waals surface area contributed by atoms with E-state index in [1.807, 2.05) is 74.0 Å². The molecule has 0 N–H and O–H groups in total. The highest BCUT2D eigenvalue weighted by Crippen LogP contribution is 2.30. The van der Waals surface area contributed by atoms with Crippen molar-refractivity contribution >= 4 is 22.7 Å². The van der Waals surface area contributed by atoms with E-state index in [0.717, 1.165) is 16.6 Å². The predicted octanol–water partition coefficient (Wildman–Crippen LogP) is 4.43. The molecule has 1 aromatic heterocycles. The summed E-state index contributed by atoms with van der Waals surface area (Å²) < 4.78 is 13.1. The van der Waals surface area contributed by atoms with Crippen molar-refractivity contribution in [1.29, 1.82) is 5.26 Å². The van der Waals surface area contributed by atoms with E-state index < -0.39 is 0 Å². The van der Waals surface area contributed by atoms with Gasteiger partial charge in [0.05, 0.1) is 29.8 Å². The van der Waals surface area contributed by atoms with Gasteiger partial charge in [0, 0.05) is 7.05 Å². The Morgan fingerprint density at radius 2 is 1.96 bits per heavy atom. The van der Waals surface area contributed by atoms with E-state index in [4.69, 9.17) is 9.47 Å². The molecule has 0 radical (unpaired) electrons. The quantitative estimate of drug-likeness (QED) is 0.641. The number of nitrogens with zero attached hydrogens (tertiary/aromatic N) is 3. The molecule has 1 heterocycles. The Morgan fingerprint density at radius 3 is 2.62 bits per heavy atom. The zero-order valence-electron chi connectivity index (χ0n) is 15.4. The van der Waals surface area contributed by atoms with Crippen LogP contribution in [0, 0.1) is 11.3 Å². The van der Waals surface area contributed by atoms with Crippen molar-refractivity contribution in [2.24, 2.45) is 7.05 Å². The van der Waals surface area contributed by atoms with Crippen molar-refractivity contribution in [2.45, 2.75) is 20.0 Å². The van der Waals surface area contributed by atoms with Gasteiger partial charge in [0.2, 0.25) is 0 Å². The topological polar surface area (TPSA) is 60.1 Å². The van der Waals surface area contributed by atoms with E-state index in [1.54, 1.807) is 7.11 Å². The highest BCUT2D eigenvalue weighted by atomic mass is 16.5. The number of aryl methyl sites for hydroxylation is 1. The highest BCUT2D eigenvalue weighted by Gasteiger charge is 2.13. The zero-order valence-corrected chi connectivity index (χ0v) is 15.4. The van der Waals surface area contributed by atoms with Gasteiger partial charge in [0.1, 0.15) is 6.07 Å². The summed E-state index contributed by atoms with van der Waals surface area (Å²) in [6.45, 7) is 3.93. The van der Waals surface area contributed by atoms with E-state index in [2.05, 4.69) is 11.1 Å².